The van der Waals surface area contributed by atoms with Gasteiger partial charge in [-0.15, -0.1) is 0 Å². The first-order valence-electron chi connectivity index (χ1n) is 6.98. The Morgan fingerprint density at radius 1 is 1.33 bits per heavy atom. The third-order valence-electron chi connectivity index (χ3n) is 3.25. The molecule has 6 heteroatoms. The zero-order chi connectivity index (χ0) is 15.2. The summed E-state index contributed by atoms with van der Waals surface area (Å²) in [5, 5.41) is 19.2. The second kappa shape index (κ2) is 7.28. The molecule has 0 saturated carbocycles. The van der Waals surface area contributed by atoms with Crippen LogP contribution < -0.4 is 5.32 Å². The van der Waals surface area contributed by atoms with Crippen molar-refractivity contribution in [3.05, 3.63) is 41.6 Å². The second-order valence-corrected chi connectivity index (χ2v) is 4.94. The van der Waals surface area contributed by atoms with Crippen LogP contribution in [0.4, 0.5) is 8.78 Å². The summed E-state index contributed by atoms with van der Waals surface area (Å²) in [5.74, 6) is -1.27. The van der Waals surface area contributed by atoms with Gasteiger partial charge in [-0.05, 0) is 18.6 Å². The van der Waals surface area contributed by atoms with Crippen LogP contribution in [0.5, 0.6) is 0 Å². The highest BCUT2D eigenvalue weighted by Gasteiger charge is 2.16. The van der Waals surface area contributed by atoms with Gasteiger partial charge in [-0.25, -0.2) is 8.78 Å². The molecule has 0 radical (unpaired) electrons. The van der Waals surface area contributed by atoms with E-state index in [9.17, 15) is 13.9 Å². The molecule has 1 aromatic carbocycles. The van der Waals surface area contributed by atoms with E-state index in [4.69, 9.17) is 0 Å². The van der Waals surface area contributed by atoms with Crippen LogP contribution in [0, 0.1) is 11.6 Å². The maximum atomic E-state index is 13.8. The molecule has 1 aromatic heterocycles. The molecule has 3 N–H and O–H groups in total. The predicted molar refractivity (Wildman–Crippen MR) is 76.6 cm³/mol. The van der Waals surface area contributed by atoms with Crippen LogP contribution in [0.15, 0.2) is 24.4 Å². The van der Waals surface area contributed by atoms with E-state index in [2.05, 4.69) is 15.5 Å². The van der Waals surface area contributed by atoms with Crippen molar-refractivity contribution in [2.45, 2.75) is 32.4 Å². The van der Waals surface area contributed by atoms with Crippen molar-refractivity contribution in [1.29, 1.82) is 0 Å². The van der Waals surface area contributed by atoms with Gasteiger partial charge in [-0.3, -0.25) is 5.10 Å². The number of aliphatic hydroxyl groups is 1. The van der Waals surface area contributed by atoms with Gasteiger partial charge in [0.15, 0.2) is 0 Å². The first-order chi connectivity index (χ1) is 10.1. The number of aromatic amines is 1. The number of hydrogen-bond acceptors (Lipinski definition) is 3. The lowest BCUT2D eigenvalue weighted by molar-refractivity contribution is 0.160. The van der Waals surface area contributed by atoms with Crippen LogP contribution in [-0.2, 0) is 6.54 Å². The average molecular weight is 295 g/mol. The van der Waals surface area contributed by atoms with Gasteiger partial charge in [-0.1, -0.05) is 19.4 Å². The highest BCUT2D eigenvalue weighted by atomic mass is 19.1. The monoisotopic (exact) mass is 295 g/mol. The normalized spacial score (nSPS) is 12.6. The van der Waals surface area contributed by atoms with Crippen molar-refractivity contribution in [2.75, 3.05) is 6.54 Å². The highest BCUT2D eigenvalue weighted by molar-refractivity contribution is 5.64. The Bertz CT molecular complexity index is 566. The van der Waals surface area contributed by atoms with E-state index in [1.165, 1.54) is 24.4 Å². The SMILES string of the molecule is CCCC(O)CNCc1cn[nH]c1-c1c(F)cccc1F. The molecule has 114 valence electrons. The minimum absolute atomic E-state index is 0.110. The fourth-order valence-electron chi connectivity index (χ4n) is 2.21. The molecule has 2 aromatic rings. The highest BCUT2D eigenvalue weighted by Crippen LogP contribution is 2.26. The van der Waals surface area contributed by atoms with Crippen LogP contribution in [0.25, 0.3) is 11.3 Å². The lowest BCUT2D eigenvalue weighted by atomic mass is 10.1. The van der Waals surface area contributed by atoms with Crippen LogP contribution in [0.1, 0.15) is 25.3 Å². The van der Waals surface area contributed by atoms with Crippen molar-refractivity contribution in [1.82, 2.24) is 15.5 Å². The number of aromatic nitrogens is 2. The molecule has 0 saturated heterocycles. The summed E-state index contributed by atoms with van der Waals surface area (Å²) in [6, 6.07) is 3.74. The van der Waals surface area contributed by atoms with Crippen molar-refractivity contribution in [2.24, 2.45) is 0 Å². The fraction of sp³-hybridized carbons (Fsp3) is 0.400. The molecule has 0 bridgehead atoms. The summed E-state index contributed by atoms with van der Waals surface area (Å²) in [6.45, 7) is 2.80. The number of hydrogen-bond donors (Lipinski definition) is 3. The Morgan fingerprint density at radius 2 is 2.05 bits per heavy atom. The first-order valence-corrected chi connectivity index (χ1v) is 6.98. The van der Waals surface area contributed by atoms with E-state index in [1.807, 2.05) is 6.92 Å². The van der Waals surface area contributed by atoms with Crippen LogP contribution >= 0.6 is 0 Å². The minimum atomic E-state index is -0.633. The van der Waals surface area contributed by atoms with Gasteiger partial charge < -0.3 is 10.4 Å². The number of nitrogens with zero attached hydrogens (tertiary/aromatic N) is 1. The summed E-state index contributed by atoms with van der Waals surface area (Å²) in [4.78, 5) is 0. The van der Waals surface area contributed by atoms with Gasteiger partial charge in [0.05, 0.1) is 23.6 Å². The van der Waals surface area contributed by atoms with E-state index >= 15 is 0 Å². The molecule has 0 spiro atoms. The Kier molecular flexibility index (Phi) is 5.41. The van der Waals surface area contributed by atoms with Crippen molar-refractivity contribution < 1.29 is 13.9 Å². The van der Waals surface area contributed by atoms with Gasteiger partial charge in [0.25, 0.3) is 0 Å². The topological polar surface area (TPSA) is 60.9 Å². The summed E-state index contributed by atoms with van der Waals surface area (Å²) in [6.07, 6.45) is 2.73. The predicted octanol–water partition coefficient (Wildman–Crippen LogP) is 2.61. The van der Waals surface area contributed by atoms with Crippen LogP contribution in [0.3, 0.4) is 0 Å². The number of benzene rings is 1. The molecule has 0 aliphatic carbocycles. The number of rotatable bonds is 7. The number of H-pyrrole nitrogens is 1. The molecule has 4 nitrogen and oxygen atoms in total. The third-order valence-corrected chi connectivity index (χ3v) is 3.25. The van der Waals surface area contributed by atoms with E-state index in [1.54, 1.807) is 0 Å². The van der Waals surface area contributed by atoms with Gasteiger partial charge in [0.1, 0.15) is 11.6 Å². The third kappa shape index (κ3) is 3.86. The summed E-state index contributed by atoms with van der Waals surface area (Å²) < 4.78 is 27.6. The molecule has 0 amide bonds. The zero-order valence-corrected chi connectivity index (χ0v) is 11.9. The van der Waals surface area contributed by atoms with E-state index < -0.39 is 17.7 Å². The smallest absolute Gasteiger partial charge is 0.135 e. The molecular weight excluding hydrogens is 276 g/mol. The molecule has 0 fully saturated rings. The zero-order valence-electron chi connectivity index (χ0n) is 11.9. The molecule has 21 heavy (non-hydrogen) atoms. The van der Waals surface area contributed by atoms with Crippen LogP contribution in [0.2, 0.25) is 0 Å². The molecule has 1 heterocycles. The largest absolute Gasteiger partial charge is 0.392 e. The van der Waals surface area contributed by atoms with Gasteiger partial charge in [0.2, 0.25) is 0 Å². The summed E-state index contributed by atoms with van der Waals surface area (Å²) in [5.41, 5.74) is 0.867. The number of nitrogens with one attached hydrogen (secondary N) is 2. The first kappa shape index (κ1) is 15.6. The maximum absolute atomic E-state index is 13.8. The molecule has 1 atom stereocenters. The van der Waals surface area contributed by atoms with E-state index in [-0.39, 0.29) is 5.56 Å². The van der Waals surface area contributed by atoms with E-state index in [0.29, 0.717) is 30.8 Å². The summed E-state index contributed by atoms with van der Waals surface area (Å²) >= 11 is 0. The van der Waals surface area contributed by atoms with Crippen molar-refractivity contribution >= 4 is 0 Å². The quantitative estimate of drug-likeness (QED) is 0.736. The number of aliphatic hydroxyl groups excluding tert-OH is 1. The van der Waals surface area contributed by atoms with E-state index in [0.717, 1.165) is 6.42 Å². The summed E-state index contributed by atoms with van der Waals surface area (Å²) in [7, 11) is 0. The Labute approximate surface area is 122 Å². The molecule has 0 aliphatic heterocycles. The van der Waals surface area contributed by atoms with Gasteiger partial charge in [0, 0.05) is 18.7 Å². The number of halogens is 2. The molecule has 0 aliphatic rings. The fourth-order valence-corrected chi connectivity index (χ4v) is 2.21. The minimum Gasteiger partial charge on any atom is -0.392 e. The second-order valence-electron chi connectivity index (χ2n) is 4.94. The van der Waals surface area contributed by atoms with Crippen LogP contribution in [-0.4, -0.2) is 28.0 Å². The Morgan fingerprint density at radius 3 is 2.71 bits per heavy atom. The van der Waals surface area contributed by atoms with Gasteiger partial charge in [-0.2, -0.15) is 5.10 Å². The molecule has 1 unspecified atom stereocenters. The molecule has 2 rings (SSSR count). The molecular formula is C15H19F2N3O. The maximum Gasteiger partial charge on any atom is 0.135 e. The average Bonchev–Trinajstić information content (AvgIpc) is 2.87. The van der Waals surface area contributed by atoms with Gasteiger partial charge >= 0.3 is 0 Å². The lowest BCUT2D eigenvalue weighted by Crippen LogP contribution is -2.26. The van der Waals surface area contributed by atoms with Crippen molar-refractivity contribution in [3.8, 4) is 11.3 Å². The Balaban J connectivity index is 2.09. The Hall–Kier alpha value is -1.79. The van der Waals surface area contributed by atoms with Crippen molar-refractivity contribution in [3.63, 3.8) is 0 Å². The standard InChI is InChI=1S/C15H19F2N3O/c1-2-4-11(21)9-18-7-10-8-19-20-15(10)14-12(16)5-3-6-13(14)17/h3,5-6,8,11,18,21H,2,4,7,9H2,1H3,(H,19,20). The lowest BCUT2D eigenvalue weighted by Gasteiger charge is -2.11.